The van der Waals surface area contributed by atoms with Crippen molar-refractivity contribution in [3.05, 3.63) is 32.3 Å². The second-order valence-electron chi connectivity index (χ2n) is 3.53. The van der Waals surface area contributed by atoms with Gasteiger partial charge in [0.05, 0.1) is 4.92 Å². The molecular formula is C10H11BrN2O4. The number of carboxylic acids is 1. The van der Waals surface area contributed by atoms with Gasteiger partial charge in [0.2, 0.25) is 0 Å². The number of nitrogens with zero attached hydrogens (tertiary/aromatic N) is 1. The molecule has 6 nitrogen and oxygen atoms in total. The van der Waals surface area contributed by atoms with Crippen molar-refractivity contribution < 1.29 is 14.8 Å². The van der Waals surface area contributed by atoms with E-state index in [4.69, 9.17) is 5.11 Å². The van der Waals surface area contributed by atoms with E-state index in [0.717, 1.165) is 0 Å². The SMILES string of the molecule is Cc1c(Br)ccc(NC(C)C(=O)O)c1[N+](=O)[O-]. The molecule has 1 unspecified atom stereocenters. The predicted octanol–water partition coefficient (Wildman–Crippen LogP) is 2.55. The second-order valence-corrected chi connectivity index (χ2v) is 4.38. The number of hydrogen-bond donors (Lipinski definition) is 2. The van der Waals surface area contributed by atoms with E-state index in [0.29, 0.717) is 10.0 Å². The normalized spacial score (nSPS) is 11.9. The van der Waals surface area contributed by atoms with E-state index < -0.39 is 16.9 Å². The highest BCUT2D eigenvalue weighted by atomic mass is 79.9. The maximum atomic E-state index is 10.9. The first kappa shape index (κ1) is 13.4. The fourth-order valence-corrected chi connectivity index (χ4v) is 1.64. The van der Waals surface area contributed by atoms with E-state index in [-0.39, 0.29) is 11.4 Å². The molecule has 0 aliphatic carbocycles. The van der Waals surface area contributed by atoms with Gasteiger partial charge < -0.3 is 10.4 Å². The molecule has 0 heterocycles. The summed E-state index contributed by atoms with van der Waals surface area (Å²) in [6.07, 6.45) is 0. The molecule has 17 heavy (non-hydrogen) atoms. The zero-order valence-corrected chi connectivity index (χ0v) is 10.8. The summed E-state index contributed by atoms with van der Waals surface area (Å²) in [4.78, 5) is 21.1. The average molecular weight is 303 g/mol. The average Bonchev–Trinajstić information content (AvgIpc) is 2.22. The molecule has 0 saturated heterocycles. The molecule has 0 aliphatic rings. The number of aliphatic carboxylic acids is 1. The predicted molar refractivity (Wildman–Crippen MR) is 66.3 cm³/mol. The van der Waals surface area contributed by atoms with E-state index in [1.54, 1.807) is 13.0 Å². The highest BCUT2D eigenvalue weighted by Gasteiger charge is 2.22. The molecule has 0 fully saturated rings. The Bertz CT molecular complexity index is 476. The lowest BCUT2D eigenvalue weighted by Gasteiger charge is -2.12. The van der Waals surface area contributed by atoms with Crippen LogP contribution in [0.4, 0.5) is 11.4 Å². The number of halogens is 1. The zero-order valence-electron chi connectivity index (χ0n) is 9.23. The van der Waals surface area contributed by atoms with Gasteiger partial charge in [-0.1, -0.05) is 15.9 Å². The lowest BCUT2D eigenvalue weighted by molar-refractivity contribution is -0.384. The van der Waals surface area contributed by atoms with Crippen LogP contribution in [0.3, 0.4) is 0 Å². The molecule has 0 aromatic heterocycles. The maximum absolute atomic E-state index is 10.9. The van der Waals surface area contributed by atoms with Crippen molar-refractivity contribution in [2.45, 2.75) is 19.9 Å². The van der Waals surface area contributed by atoms with Gasteiger partial charge in [-0.15, -0.1) is 0 Å². The first-order valence-corrected chi connectivity index (χ1v) is 5.56. The number of hydrogen-bond acceptors (Lipinski definition) is 4. The first-order chi connectivity index (χ1) is 7.84. The van der Waals surface area contributed by atoms with Gasteiger partial charge >= 0.3 is 5.97 Å². The third-order valence-electron chi connectivity index (χ3n) is 2.29. The van der Waals surface area contributed by atoms with Crippen molar-refractivity contribution in [3.63, 3.8) is 0 Å². The number of nitro benzene ring substituents is 1. The summed E-state index contributed by atoms with van der Waals surface area (Å²) in [5.41, 5.74) is 0.538. The molecule has 1 atom stereocenters. The summed E-state index contributed by atoms with van der Waals surface area (Å²) in [6.45, 7) is 3.02. The molecule has 1 aromatic rings. The van der Waals surface area contributed by atoms with Gasteiger partial charge in [0, 0.05) is 10.0 Å². The molecular weight excluding hydrogens is 292 g/mol. The third-order valence-corrected chi connectivity index (χ3v) is 3.15. The Morgan fingerprint density at radius 2 is 2.18 bits per heavy atom. The fourth-order valence-electron chi connectivity index (χ4n) is 1.32. The molecule has 1 rings (SSSR count). The number of rotatable bonds is 4. The molecule has 92 valence electrons. The maximum Gasteiger partial charge on any atom is 0.325 e. The molecule has 0 spiro atoms. The van der Waals surface area contributed by atoms with Gasteiger partial charge in [0.1, 0.15) is 11.7 Å². The minimum Gasteiger partial charge on any atom is -0.480 e. The highest BCUT2D eigenvalue weighted by Crippen LogP contribution is 2.33. The van der Waals surface area contributed by atoms with Crippen LogP contribution in [0.2, 0.25) is 0 Å². The summed E-state index contributed by atoms with van der Waals surface area (Å²) in [5.74, 6) is -1.07. The van der Waals surface area contributed by atoms with Crippen LogP contribution in [-0.4, -0.2) is 22.0 Å². The number of anilines is 1. The highest BCUT2D eigenvalue weighted by molar-refractivity contribution is 9.10. The number of nitrogens with one attached hydrogen (secondary N) is 1. The van der Waals surface area contributed by atoms with Crippen molar-refractivity contribution in [1.29, 1.82) is 0 Å². The summed E-state index contributed by atoms with van der Waals surface area (Å²) >= 11 is 3.20. The number of carboxylic acid groups (broad SMARTS) is 1. The van der Waals surface area contributed by atoms with Crippen LogP contribution < -0.4 is 5.32 Å². The summed E-state index contributed by atoms with van der Waals surface area (Å²) in [7, 11) is 0. The van der Waals surface area contributed by atoms with Crippen LogP contribution in [0.5, 0.6) is 0 Å². The minimum absolute atomic E-state index is 0.118. The van der Waals surface area contributed by atoms with Crippen LogP contribution in [0.15, 0.2) is 16.6 Å². The van der Waals surface area contributed by atoms with Crippen LogP contribution >= 0.6 is 15.9 Å². The summed E-state index contributed by atoms with van der Waals surface area (Å²) < 4.78 is 0.609. The van der Waals surface area contributed by atoms with Gasteiger partial charge in [-0.25, -0.2) is 0 Å². The Morgan fingerprint density at radius 3 is 2.65 bits per heavy atom. The topological polar surface area (TPSA) is 92.5 Å². The molecule has 1 aromatic carbocycles. The molecule has 0 aliphatic heterocycles. The second kappa shape index (κ2) is 5.13. The molecule has 0 amide bonds. The monoisotopic (exact) mass is 302 g/mol. The van der Waals surface area contributed by atoms with Crippen LogP contribution in [-0.2, 0) is 4.79 Å². The van der Waals surface area contributed by atoms with E-state index in [1.807, 2.05) is 0 Å². The van der Waals surface area contributed by atoms with Crippen molar-refractivity contribution in [2.24, 2.45) is 0 Å². The zero-order chi connectivity index (χ0) is 13.2. The van der Waals surface area contributed by atoms with Crippen molar-refractivity contribution in [1.82, 2.24) is 0 Å². The summed E-state index contributed by atoms with van der Waals surface area (Å²) in [5, 5.41) is 22.3. The van der Waals surface area contributed by atoms with E-state index in [2.05, 4.69) is 21.2 Å². The van der Waals surface area contributed by atoms with Gasteiger partial charge in [-0.2, -0.15) is 0 Å². The van der Waals surface area contributed by atoms with E-state index >= 15 is 0 Å². The van der Waals surface area contributed by atoms with E-state index in [1.165, 1.54) is 13.0 Å². The minimum atomic E-state index is -1.07. The van der Waals surface area contributed by atoms with Crippen molar-refractivity contribution >= 4 is 33.3 Å². The van der Waals surface area contributed by atoms with Gasteiger partial charge in [0.15, 0.2) is 0 Å². The lowest BCUT2D eigenvalue weighted by Crippen LogP contribution is -2.25. The summed E-state index contributed by atoms with van der Waals surface area (Å²) in [6, 6.07) is 2.22. The molecule has 0 radical (unpaired) electrons. The van der Waals surface area contributed by atoms with Crippen molar-refractivity contribution in [2.75, 3.05) is 5.32 Å². The Hall–Kier alpha value is -1.63. The van der Waals surface area contributed by atoms with Crippen molar-refractivity contribution in [3.8, 4) is 0 Å². The van der Waals surface area contributed by atoms with Crippen LogP contribution in [0, 0.1) is 17.0 Å². The Kier molecular flexibility index (Phi) is 4.06. The van der Waals surface area contributed by atoms with Crippen LogP contribution in [0.1, 0.15) is 12.5 Å². The lowest BCUT2D eigenvalue weighted by atomic mass is 10.1. The molecule has 0 bridgehead atoms. The van der Waals surface area contributed by atoms with Gasteiger partial charge in [-0.3, -0.25) is 14.9 Å². The molecule has 2 N–H and O–H groups in total. The van der Waals surface area contributed by atoms with Gasteiger partial charge in [0.25, 0.3) is 5.69 Å². The Labute approximate surface area is 106 Å². The number of nitro groups is 1. The van der Waals surface area contributed by atoms with E-state index in [9.17, 15) is 14.9 Å². The first-order valence-electron chi connectivity index (χ1n) is 4.77. The number of benzene rings is 1. The molecule has 7 heteroatoms. The fraction of sp³-hybridized carbons (Fsp3) is 0.300. The third kappa shape index (κ3) is 2.94. The van der Waals surface area contributed by atoms with Gasteiger partial charge in [-0.05, 0) is 26.0 Å². The Balaban J connectivity index is 3.20. The standard InChI is InChI=1S/C10H11BrN2O4/c1-5-7(11)3-4-8(9(5)13(16)17)12-6(2)10(14)15/h3-4,6,12H,1-2H3,(H,14,15). The Morgan fingerprint density at radius 1 is 1.59 bits per heavy atom. The number of carbonyl (C=O) groups is 1. The smallest absolute Gasteiger partial charge is 0.325 e. The van der Waals surface area contributed by atoms with Crippen LogP contribution in [0.25, 0.3) is 0 Å². The quantitative estimate of drug-likeness (QED) is 0.658. The molecule has 0 saturated carbocycles. The largest absolute Gasteiger partial charge is 0.480 e.